The van der Waals surface area contributed by atoms with Crippen molar-refractivity contribution in [2.45, 2.75) is 36.3 Å². The van der Waals surface area contributed by atoms with Crippen LogP contribution in [-0.4, -0.2) is 23.4 Å². The van der Waals surface area contributed by atoms with Crippen LogP contribution in [0.1, 0.15) is 26.7 Å². The molecule has 3 nitrogen and oxygen atoms in total. The van der Waals surface area contributed by atoms with Gasteiger partial charge >= 0.3 is 0 Å². The number of halogens is 1. The Balaban J connectivity index is 2.07. The van der Waals surface area contributed by atoms with Crippen molar-refractivity contribution >= 4 is 34.5 Å². The third-order valence-corrected chi connectivity index (χ3v) is 4.67. The fraction of sp³-hybridized carbons (Fsp3) is 0.500. The Morgan fingerprint density at radius 2 is 2.05 bits per heavy atom. The number of thioether (sulfide) groups is 1. The standard InChI is InChI=1S/C14H16ClNO2S/c1-14(2,3)13-16-10-5-4-9(15)12(11(10)18-13)19-8-6-17-7-8/h4-5,8H,6-7H2,1-3H3. The predicted octanol–water partition coefficient (Wildman–Crippen LogP) is 4.27. The van der Waals surface area contributed by atoms with Crippen LogP contribution in [-0.2, 0) is 10.2 Å². The number of aromatic nitrogens is 1. The largest absolute Gasteiger partial charge is 0.439 e. The molecular formula is C14H16ClNO2S. The van der Waals surface area contributed by atoms with Gasteiger partial charge in [-0.1, -0.05) is 32.4 Å². The van der Waals surface area contributed by atoms with Gasteiger partial charge in [0.25, 0.3) is 0 Å². The van der Waals surface area contributed by atoms with Crippen molar-refractivity contribution in [1.29, 1.82) is 0 Å². The fourth-order valence-corrected chi connectivity index (χ4v) is 3.20. The van der Waals surface area contributed by atoms with Gasteiger partial charge in [-0.15, -0.1) is 11.8 Å². The third-order valence-electron chi connectivity index (χ3n) is 3.00. The van der Waals surface area contributed by atoms with Crippen LogP contribution in [0.5, 0.6) is 0 Å². The average Bonchev–Trinajstić information content (AvgIpc) is 2.69. The van der Waals surface area contributed by atoms with Crippen LogP contribution >= 0.6 is 23.4 Å². The monoisotopic (exact) mass is 297 g/mol. The highest BCUT2D eigenvalue weighted by atomic mass is 35.5. The minimum Gasteiger partial charge on any atom is -0.439 e. The molecular weight excluding hydrogens is 282 g/mol. The zero-order valence-corrected chi connectivity index (χ0v) is 12.8. The van der Waals surface area contributed by atoms with Crippen molar-refractivity contribution in [3.05, 3.63) is 23.0 Å². The fourth-order valence-electron chi connectivity index (χ4n) is 1.82. The second-order valence-corrected chi connectivity index (χ2v) is 7.49. The number of ether oxygens (including phenoxy) is 1. The Kier molecular flexibility index (Phi) is 3.28. The van der Waals surface area contributed by atoms with Crippen LogP contribution in [0.4, 0.5) is 0 Å². The van der Waals surface area contributed by atoms with E-state index in [0.717, 1.165) is 40.1 Å². The summed E-state index contributed by atoms with van der Waals surface area (Å²) in [5.41, 5.74) is 1.57. The summed E-state index contributed by atoms with van der Waals surface area (Å²) in [6, 6.07) is 3.80. The molecule has 19 heavy (non-hydrogen) atoms. The minimum absolute atomic E-state index is 0.104. The number of benzene rings is 1. The molecule has 1 aromatic heterocycles. The van der Waals surface area contributed by atoms with Crippen LogP contribution in [0.2, 0.25) is 5.02 Å². The first kappa shape index (κ1) is 13.3. The van der Waals surface area contributed by atoms with Crippen LogP contribution in [0.15, 0.2) is 21.4 Å². The maximum absolute atomic E-state index is 6.30. The predicted molar refractivity (Wildman–Crippen MR) is 78.2 cm³/mol. The highest BCUT2D eigenvalue weighted by Crippen LogP contribution is 2.40. The molecule has 0 saturated carbocycles. The number of rotatable bonds is 2. The highest BCUT2D eigenvalue weighted by Gasteiger charge is 2.26. The Hall–Kier alpha value is -0.710. The average molecular weight is 298 g/mol. The van der Waals surface area contributed by atoms with E-state index in [1.807, 2.05) is 12.1 Å². The van der Waals surface area contributed by atoms with Crippen molar-refractivity contribution in [2.75, 3.05) is 13.2 Å². The van der Waals surface area contributed by atoms with Crippen molar-refractivity contribution in [3.8, 4) is 0 Å². The van der Waals surface area contributed by atoms with Gasteiger partial charge in [-0.3, -0.25) is 0 Å². The molecule has 0 bridgehead atoms. The molecule has 0 unspecified atom stereocenters. The molecule has 1 aliphatic rings. The molecule has 3 rings (SSSR count). The summed E-state index contributed by atoms with van der Waals surface area (Å²) in [5, 5.41) is 1.19. The number of hydrogen-bond acceptors (Lipinski definition) is 4. The summed E-state index contributed by atoms with van der Waals surface area (Å²) in [4.78, 5) is 5.55. The van der Waals surface area contributed by atoms with Gasteiger partial charge in [-0.2, -0.15) is 0 Å². The normalized spacial score (nSPS) is 16.8. The van der Waals surface area contributed by atoms with Crippen molar-refractivity contribution < 1.29 is 9.15 Å². The van der Waals surface area contributed by atoms with E-state index in [2.05, 4.69) is 25.8 Å². The quantitative estimate of drug-likeness (QED) is 0.829. The van der Waals surface area contributed by atoms with E-state index in [-0.39, 0.29) is 5.41 Å². The van der Waals surface area contributed by atoms with Crippen molar-refractivity contribution in [1.82, 2.24) is 4.98 Å². The summed E-state index contributed by atoms with van der Waals surface area (Å²) >= 11 is 8.02. The van der Waals surface area contributed by atoms with Gasteiger partial charge in [0.05, 0.1) is 28.4 Å². The number of nitrogens with zero attached hydrogens (tertiary/aromatic N) is 1. The van der Waals surface area contributed by atoms with E-state index in [0.29, 0.717) is 5.25 Å². The molecule has 1 saturated heterocycles. The lowest BCUT2D eigenvalue weighted by Crippen LogP contribution is -2.30. The first-order valence-corrected chi connectivity index (χ1v) is 7.55. The SMILES string of the molecule is CC(C)(C)c1nc2ccc(Cl)c(SC3COC3)c2o1. The van der Waals surface area contributed by atoms with E-state index < -0.39 is 0 Å². The van der Waals surface area contributed by atoms with Crippen LogP contribution in [0.25, 0.3) is 11.1 Å². The van der Waals surface area contributed by atoms with Gasteiger partial charge in [0.2, 0.25) is 5.89 Å². The van der Waals surface area contributed by atoms with Gasteiger partial charge in [0, 0.05) is 5.41 Å². The topological polar surface area (TPSA) is 35.3 Å². The molecule has 0 atom stereocenters. The molecule has 0 amide bonds. The summed E-state index contributed by atoms with van der Waals surface area (Å²) < 4.78 is 11.2. The summed E-state index contributed by atoms with van der Waals surface area (Å²) in [5.74, 6) is 0.747. The third kappa shape index (κ3) is 2.49. The van der Waals surface area contributed by atoms with E-state index in [1.165, 1.54) is 0 Å². The lowest BCUT2D eigenvalue weighted by molar-refractivity contribution is 0.0455. The number of fused-ring (bicyclic) bond motifs is 1. The molecule has 1 aliphatic heterocycles. The van der Waals surface area contributed by atoms with E-state index >= 15 is 0 Å². The molecule has 0 radical (unpaired) electrons. The van der Waals surface area contributed by atoms with Crippen molar-refractivity contribution in [3.63, 3.8) is 0 Å². The second kappa shape index (κ2) is 4.69. The van der Waals surface area contributed by atoms with Gasteiger partial charge in [0.1, 0.15) is 5.52 Å². The highest BCUT2D eigenvalue weighted by molar-refractivity contribution is 8.00. The van der Waals surface area contributed by atoms with Gasteiger partial charge < -0.3 is 9.15 Å². The Bertz CT molecular complexity index is 614. The number of hydrogen-bond donors (Lipinski definition) is 0. The first-order valence-electron chi connectivity index (χ1n) is 6.29. The molecule has 0 aliphatic carbocycles. The Labute approximate surface area is 121 Å². The lowest BCUT2D eigenvalue weighted by atomic mass is 9.97. The van der Waals surface area contributed by atoms with Crippen molar-refractivity contribution in [2.24, 2.45) is 0 Å². The maximum atomic E-state index is 6.30. The zero-order valence-electron chi connectivity index (χ0n) is 11.2. The van der Waals surface area contributed by atoms with E-state index in [4.69, 9.17) is 20.8 Å². The summed E-state index contributed by atoms with van der Waals surface area (Å²) in [6.07, 6.45) is 0. The molecule has 1 fully saturated rings. The lowest BCUT2D eigenvalue weighted by Gasteiger charge is -2.25. The molecule has 2 heterocycles. The molecule has 102 valence electrons. The minimum atomic E-state index is -0.104. The first-order chi connectivity index (χ1) is 8.95. The Morgan fingerprint density at radius 3 is 2.63 bits per heavy atom. The second-order valence-electron chi connectivity index (χ2n) is 5.77. The molecule has 5 heteroatoms. The summed E-state index contributed by atoms with van der Waals surface area (Å²) in [7, 11) is 0. The molecule has 0 N–H and O–H groups in total. The molecule has 0 spiro atoms. The molecule has 1 aromatic carbocycles. The maximum Gasteiger partial charge on any atom is 0.200 e. The molecule has 2 aromatic rings. The zero-order chi connectivity index (χ0) is 13.6. The number of oxazole rings is 1. The van der Waals surface area contributed by atoms with Gasteiger partial charge in [-0.05, 0) is 12.1 Å². The van der Waals surface area contributed by atoms with Crippen LogP contribution in [0, 0.1) is 0 Å². The van der Waals surface area contributed by atoms with Crippen LogP contribution in [0.3, 0.4) is 0 Å². The van der Waals surface area contributed by atoms with Crippen LogP contribution < -0.4 is 0 Å². The van der Waals surface area contributed by atoms with Gasteiger partial charge in [-0.25, -0.2) is 4.98 Å². The van der Waals surface area contributed by atoms with E-state index in [9.17, 15) is 0 Å². The Morgan fingerprint density at radius 1 is 1.32 bits per heavy atom. The smallest absolute Gasteiger partial charge is 0.200 e. The van der Waals surface area contributed by atoms with Gasteiger partial charge in [0.15, 0.2) is 5.58 Å². The summed E-state index contributed by atoms with van der Waals surface area (Å²) in [6.45, 7) is 7.82. The van der Waals surface area contributed by atoms with E-state index in [1.54, 1.807) is 11.8 Å².